The van der Waals surface area contributed by atoms with E-state index in [0.29, 0.717) is 5.69 Å². The predicted molar refractivity (Wildman–Crippen MR) is 45.2 cm³/mol. The average Bonchev–Trinajstić information content (AvgIpc) is 2.70. The van der Waals surface area contributed by atoms with Gasteiger partial charge in [0, 0.05) is 0 Å². The van der Waals surface area contributed by atoms with Gasteiger partial charge in [-0.05, 0) is 6.92 Å². The average molecular weight is 193 g/mol. The summed E-state index contributed by atoms with van der Waals surface area (Å²) in [4.78, 5) is 10.8. The summed E-state index contributed by atoms with van der Waals surface area (Å²) in [6.45, 7) is 1.77. The molecule has 0 aliphatic carbocycles. The lowest BCUT2D eigenvalue weighted by Crippen LogP contribution is -2.08. The van der Waals surface area contributed by atoms with Crippen molar-refractivity contribution < 1.29 is 9.90 Å². The highest BCUT2D eigenvalue weighted by Crippen LogP contribution is 2.10. The Balaban J connectivity index is 2.57. The number of carbonyl (C=O) groups is 1. The minimum Gasteiger partial charge on any atom is -0.476 e. The van der Waals surface area contributed by atoms with Crippen LogP contribution in [0.3, 0.4) is 0 Å². The molecule has 0 atom stereocenters. The number of carboxylic acids is 1. The first-order valence-electron chi connectivity index (χ1n) is 3.84. The van der Waals surface area contributed by atoms with Gasteiger partial charge in [-0.2, -0.15) is 5.10 Å². The van der Waals surface area contributed by atoms with Crippen molar-refractivity contribution in [1.82, 2.24) is 25.2 Å². The molecule has 7 heteroatoms. The van der Waals surface area contributed by atoms with Gasteiger partial charge in [-0.25, -0.2) is 9.48 Å². The lowest BCUT2D eigenvalue weighted by molar-refractivity contribution is 0.0687. The molecule has 0 fully saturated rings. The highest BCUT2D eigenvalue weighted by Gasteiger charge is 2.15. The van der Waals surface area contributed by atoms with E-state index in [4.69, 9.17) is 5.11 Å². The van der Waals surface area contributed by atoms with Crippen LogP contribution in [0.2, 0.25) is 0 Å². The molecule has 0 aliphatic heterocycles. The molecule has 0 unspecified atom stereocenters. The van der Waals surface area contributed by atoms with Gasteiger partial charge in [-0.1, -0.05) is 5.21 Å². The van der Waals surface area contributed by atoms with Crippen LogP contribution in [0.1, 0.15) is 16.2 Å². The van der Waals surface area contributed by atoms with Crippen molar-refractivity contribution in [2.24, 2.45) is 0 Å². The third-order valence-corrected chi connectivity index (χ3v) is 1.80. The highest BCUT2D eigenvalue weighted by molar-refractivity contribution is 5.85. The number of aromatic amines is 1. The van der Waals surface area contributed by atoms with Crippen LogP contribution in [-0.4, -0.2) is 36.3 Å². The van der Waals surface area contributed by atoms with Crippen molar-refractivity contribution in [2.45, 2.75) is 6.92 Å². The quantitative estimate of drug-likeness (QED) is 0.699. The van der Waals surface area contributed by atoms with Gasteiger partial charge in [0.25, 0.3) is 0 Å². The summed E-state index contributed by atoms with van der Waals surface area (Å²) in [5, 5.41) is 22.5. The van der Waals surface area contributed by atoms with Crippen LogP contribution in [0.5, 0.6) is 0 Å². The molecule has 2 N–H and O–H groups in total. The number of hydrogen-bond acceptors (Lipinski definition) is 4. The van der Waals surface area contributed by atoms with E-state index in [1.807, 2.05) is 0 Å². The molecule has 2 heterocycles. The predicted octanol–water partition coefficient (Wildman–Crippen LogP) is -0.00298. The molecule has 14 heavy (non-hydrogen) atoms. The number of H-pyrrole nitrogens is 1. The highest BCUT2D eigenvalue weighted by atomic mass is 16.4. The lowest BCUT2D eigenvalue weighted by atomic mass is 10.4. The molecule has 0 bridgehead atoms. The molecule has 2 aromatic rings. The van der Waals surface area contributed by atoms with Crippen LogP contribution < -0.4 is 0 Å². The first kappa shape index (κ1) is 8.42. The molecule has 0 spiro atoms. The van der Waals surface area contributed by atoms with Crippen LogP contribution in [0, 0.1) is 6.92 Å². The van der Waals surface area contributed by atoms with Gasteiger partial charge >= 0.3 is 5.97 Å². The zero-order valence-electron chi connectivity index (χ0n) is 7.30. The van der Waals surface area contributed by atoms with Crippen molar-refractivity contribution in [3.05, 3.63) is 23.8 Å². The Morgan fingerprint density at radius 1 is 1.57 bits per heavy atom. The topological polar surface area (TPSA) is 96.7 Å². The molecule has 0 radical (unpaired) electrons. The van der Waals surface area contributed by atoms with Crippen molar-refractivity contribution in [2.75, 3.05) is 0 Å². The van der Waals surface area contributed by atoms with Crippen LogP contribution in [0.4, 0.5) is 0 Å². The minimum atomic E-state index is -1.07. The maximum Gasteiger partial charge on any atom is 0.356 e. The Kier molecular flexibility index (Phi) is 1.77. The van der Waals surface area contributed by atoms with Crippen LogP contribution in [0.15, 0.2) is 12.4 Å². The smallest absolute Gasteiger partial charge is 0.356 e. The summed E-state index contributed by atoms with van der Waals surface area (Å²) < 4.78 is 1.22. The maximum absolute atomic E-state index is 10.8. The van der Waals surface area contributed by atoms with Gasteiger partial charge in [-0.3, -0.25) is 5.10 Å². The van der Waals surface area contributed by atoms with Crippen LogP contribution in [-0.2, 0) is 0 Å². The van der Waals surface area contributed by atoms with Gasteiger partial charge in [0.15, 0.2) is 5.69 Å². The molecular weight excluding hydrogens is 186 g/mol. The first-order chi connectivity index (χ1) is 6.70. The van der Waals surface area contributed by atoms with Gasteiger partial charge in [0.05, 0.1) is 18.1 Å². The van der Waals surface area contributed by atoms with Crippen molar-refractivity contribution >= 4 is 5.97 Å². The molecule has 2 rings (SSSR count). The van der Waals surface area contributed by atoms with E-state index in [-0.39, 0.29) is 5.69 Å². The number of aromatic carboxylic acids is 1. The Bertz CT molecular complexity index is 472. The number of carboxylic acid groups (broad SMARTS) is 1. The summed E-state index contributed by atoms with van der Waals surface area (Å²) in [5.74, 6) is -1.07. The summed E-state index contributed by atoms with van der Waals surface area (Å²) in [5.41, 5.74) is 1.33. The fourth-order valence-electron chi connectivity index (χ4n) is 1.12. The molecule has 0 saturated carbocycles. The van der Waals surface area contributed by atoms with Gasteiger partial charge < -0.3 is 5.11 Å². The van der Waals surface area contributed by atoms with Gasteiger partial charge in [-0.15, -0.1) is 5.10 Å². The largest absolute Gasteiger partial charge is 0.476 e. The summed E-state index contributed by atoms with van der Waals surface area (Å²) in [6.07, 6.45) is 2.69. The van der Waals surface area contributed by atoms with Crippen LogP contribution >= 0.6 is 0 Å². The van der Waals surface area contributed by atoms with E-state index in [1.54, 1.807) is 6.92 Å². The standard InChI is InChI=1S/C7H7N5O2/c1-4-5(2-8-10-4)12-6(7(13)14)3-9-11-12/h2-3H,1H3,(H,8,10)(H,13,14). The lowest BCUT2D eigenvalue weighted by Gasteiger charge is -1.99. The third-order valence-electron chi connectivity index (χ3n) is 1.80. The molecule has 0 amide bonds. The molecule has 7 nitrogen and oxygen atoms in total. The Morgan fingerprint density at radius 2 is 2.36 bits per heavy atom. The zero-order chi connectivity index (χ0) is 10.1. The number of aromatic nitrogens is 5. The number of aryl methyl sites for hydroxylation is 1. The summed E-state index contributed by atoms with van der Waals surface area (Å²) in [7, 11) is 0. The second kappa shape index (κ2) is 2.95. The molecule has 2 aromatic heterocycles. The van der Waals surface area contributed by atoms with Crippen molar-refractivity contribution in [3.8, 4) is 5.69 Å². The Hall–Kier alpha value is -2.18. The Morgan fingerprint density at radius 3 is 2.93 bits per heavy atom. The second-order valence-corrected chi connectivity index (χ2v) is 2.72. The van der Waals surface area contributed by atoms with E-state index in [2.05, 4.69) is 20.5 Å². The monoisotopic (exact) mass is 193 g/mol. The fourth-order valence-corrected chi connectivity index (χ4v) is 1.12. The van der Waals surface area contributed by atoms with Gasteiger partial charge in [0.2, 0.25) is 0 Å². The second-order valence-electron chi connectivity index (χ2n) is 2.72. The van der Waals surface area contributed by atoms with Crippen LogP contribution in [0.25, 0.3) is 5.69 Å². The normalized spacial score (nSPS) is 10.4. The molecule has 0 saturated heterocycles. The number of hydrogen-bond donors (Lipinski definition) is 2. The van der Waals surface area contributed by atoms with E-state index < -0.39 is 5.97 Å². The maximum atomic E-state index is 10.8. The van der Waals surface area contributed by atoms with Crippen molar-refractivity contribution in [1.29, 1.82) is 0 Å². The molecule has 0 aliphatic rings. The minimum absolute atomic E-state index is 0.00880. The third kappa shape index (κ3) is 1.15. The first-order valence-corrected chi connectivity index (χ1v) is 3.84. The molecule has 72 valence electrons. The number of nitrogens with zero attached hydrogens (tertiary/aromatic N) is 4. The summed E-state index contributed by atoms with van der Waals surface area (Å²) >= 11 is 0. The number of nitrogens with one attached hydrogen (secondary N) is 1. The number of rotatable bonds is 2. The Labute approximate surface area is 78.4 Å². The SMILES string of the molecule is Cc1[nH]ncc1-n1nncc1C(=O)O. The molecular formula is C7H7N5O2. The van der Waals surface area contributed by atoms with E-state index in [0.717, 1.165) is 5.69 Å². The van der Waals surface area contributed by atoms with E-state index in [9.17, 15) is 4.79 Å². The fraction of sp³-hybridized carbons (Fsp3) is 0.143. The summed E-state index contributed by atoms with van der Waals surface area (Å²) in [6, 6.07) is 0. The van der Waals surface area contributed by atoms with E-state index in [1.165, 1.54) is 17.1 Å². The molecule has 0 aromatic carbocycles. The zero-order valence-corrected chi connectivity index (χ0v) is 7.30. The van der Waals surface area contributed by atoms with Crippen molar-refractivity contribution in [3.63, 3.8) is 0 Å². The van der Waals surface area contributed by atoms with E-state index >= 15 is 0 Å². The van der Waals surface area contributed by atoms with Gasteiger partial charge in [0.1, 0.15) is 5.69 Å².